The van der Waals surface area contributed by atoms with Gasteiger partial charge in [-0.3, -0.25) is 9.48 Å². The van der Waals surface area contributed by atoms with E-state index in [1.54, 1.807) is 16.9 Å². The van der Waals surface area contributed by atoms with Crippen LogP contribution in [0.15, 0.2) is 16.8 Å². The maximum absolute atomic E-state index is 11.8. The van der Waals surface area contributed by atoms with Crippen LogP contribution < -0.4 is 0 Å². The molecule has 0 radical (unpaired) electrons. The average Bonchev–Trinajstić information content (AvgIpc) is 2.85. The number of nitrogens with zero attached hydrogens (tertiary/aromatic N) is 4. The van der Waals surface area contributed by atoms with Gasteiger partial charge in [0.1, 0.15) is 11.5 Å². The minimum absolute atomic E-state index is 0.0683. The predicted molar refractivity (Wildman–Crippen MR) is 64.7 cm³/mol. The molecule has 6 nitrogen and oxygen atoms in total. The Morgan fingerprint density at radius 3 is 2.72 bits per heavy atom. The van der Waals surface area contributed by atoms with Crippen LogP contribution in [-0.4, -0.2) is 25.7 Å². The lowest BCUT2D eigenvalue weighted by molar-refractivity contribution is -0.125. The van der Waals surface area contributed by atoms with E-state index in [0.29, 0.717) is 17.4 Å². The Kier molecular flexibility index (Phi) is 3.02. The molecule has 2 aromatic rings. The summed E-state index contributed by atoms with van der Waals surface area (Å²) in [4.78, 5) is 16.0. The van der Waals surface area contributed by atoms with E-state index in [2.05, 4.69) is 15.2 Å². The minimum Gasteiger partial charge on any atom is -0.338 e. The molecule has 0 atom stereocenters. The quantitative estimate of drug-likeness (QED) is 0.825. The molecule has 0 amide bonds. The summed E-state index contributed by atoms with van der Waals surface area (Å²) in [6.07, 6.45) is 1.95. The van der Waals surface area contributed by atoms with E-state index < -0.39 is 5.41 Å². The monoisotopic (exact) mass is 248 g/mol. The van der Waals surface area contributed by atoms with E-state index in [1.165, 1.54) is 0 Å². The fourth-order valence-electron chi connectivity index (χ4n) is 1.37. The van der Waals surface area contributed by atoms with E-state index in [9.17, 15) is 4.79 Å². The SMILES string of the molecule is Cn1ccc(-c2noc(CC(=O)C(C)(C)C)n2)n1. The summed E-state index contributed by atoms with van der Waals surface area (Å²) in [5.74, 6) is 0.807. The first-order valence-corrected chi connectivity index (χ1v) is 5.72. The van der Waals surface area contributed by atoms with Gasteiger partial charge in [0.15, 0.2) is 0 Å². The zero-order chi connectivity index (χ0) is 13.3. The van der Waals surface area contributed by atoms with E-state index in [4.69, 9.17) is 4.52 Å². The topological polar surface area (TPSA) is 73.8 Å². The van der Waals surface area contributed by atoms with Crippen molar-refractivity contribution in [1.29, 1.82) is 0 Å². The molecule has 18 heavy (non-hydrogen) atoms. The second kappa shape index (κ2) is 4.36. The maximum Gasteiger partial charge on any atom is 0.234 e. The Hall–Kier alpha value is -1.98. The number of hydrogen-bond acceptors (Lipinski definition) is 5. The Bertz CT molecular complexity index is 563. The van der Waals surface area contributed by atoms with Crippen molar-refractivity contribution in [3.63, 3.8) is 0 Å². The van der Waals surface area contributed by atoms with Crippen molar-refractivity contribution in [2.24, 2.45) is 12.5 Å². The number of rotatable bonds is 3. The average molecular weight is 248 g/mol. The molecule has 0 N–H and O–H groups in total. The molecule has 0 fully saturated rings. The number of ketones is 1. The van der Waals surface area contributed by atoms with Crippen LogP contribution in [0, 0.1) is 5.41 Å². The van der Waals surface area contributed by atoms with E-state index >= 15 is 0 Å². The molecule has 96 valence electrons. The molecular formula is C12H16N4O2. The first-order chi connectivity index (χ1) is 8.36. The van der Waals surface area contributed by atoms with Crippen LogP contribution in [0.3, 0.4) is 0 Å². The molecule has 0 unspecified atom stereocenters. The molecule has 2 heterocycles. The van der Waals surface area contributed by atoms with E-state index in [-0.39, 0.29) is 12.2 Å². The third kappa shape index (κ3) is 2.64. The van der Waals surface area contributed by atoms with Crippen molar-refractivity contribution in [3.8, 4) is 11.5 Å². The van der Waals surface area contributed by atoms with Gasteiger partial charge in [-0.05, 0) is 6.07 Å². The normalized spacial score (nSPS) is 11.8. The Labute approximate surface area is 105 Å². The molecular weight excluding hydrogens is 232 g/mol. The largest absolute Gasteiger partial charge is 0.338 e. The summed E-state index contributed by atoms with van der Waals surface area (Å²) in [5, 5.41) is 7.99. The lowest BCUT2D eigenvalue weighted by Crippen LogP contribution is -2.22. The van der Waals surface area contributed by atoms with Crippen molar-refractivity contribution in [2.45, 2.75) is 27.2 Å². The van der Waals surface area contributed by atoms with Crippen LogP contribution in [0.1, 0.15) is 26.7 Å². The molecule has 0 aliphatic carbocycles. The van der Waals surface area contributed by atoms with Gasteiger partial charge in [0, 0.05) is 18.7 Å². The summed E-state index contributed by atoms with van der Waals surface area (Å²) >= 11 is 0. The maximum atomic E-state index is 11.8. The van der Waals surface area contributed by atoms with Gasteiger partial charge in [0.2, 0.25) is 11.7 Å². The lowest BCUT2D eigenvalue weighted by Gasteiger charge is -2.14. The molecule has 0 aliphatic heterocycles. The summed E-state index contributed by atoms with van der Waals surface area (Å²) in [6, 6.07) is 1.79. The van der Waals surface area contributed by atoms with E-state index in [0.717, 1.165) is 0 Å². The number of aromatic nitrogens is 4. The van der Waals surface area contributed by atoms with Crippen molar-refractivity contribution in [3.05, 3.63) is 18.2 Å². The second-order valence-electron chi connectivity index (χ2n) is 5.24. The lowest BCUT2D eigenvalue weighted by atomic mass is 9.89. The predicted octanol–water partition coefficient (Wildman–Crippen LogP) is 1.63. The van der Waals surface area contributed by atoms with Crippen molar-refractivity contribution >= 4 is 5.78 Å². The molecule has 0 bridgehead atoms. The second-order valence-corrected chi connectivity index (χ2v) is 5.24. The molecule has 2 aromatic heterocycles. The van der Waals surface area contributed by atoms with Crippen molar-refractivity contribution < 1.29 is 9.32 Å². The first kappa shape index (κ1) is 12.5. The van der Waals surface area contributed by atoms with Crippen LogP contribution in [0.5, 0.6) is 0 Å². The molecule has 6 heteroatoms. The van der Waals surface area contributed by atoms with Crippen LogP contribution in [0.25, 0.3) is 11.5 Å². The zero-order valence-electron chi connectivity index (χ0n) is 11.0. The van der Waals surface area contributed by atoms with Gasteiger partial charge in [-0.15, -0.1) is 0 Å². The first-order valence-electron chi connectivity index (χ1n) is 5.72. The van der Waals surface area contributed by atoms with Gasteiger partial charge in [-0.25, -0.2) is 0 Å². The van der Waals surface area contributed by atoms with Gasteiger partial charge >= 0.3 is 0 Å². The standard InChI is InChI=1S/C12H16N4O2/c1-12(2,3)9(17)7-10-13-11(15-18-10)8-5-6-16(4)14-8/h5-6H,7H2,1-4H3. The Balaban J connectivity index is 2.14. The summed E-state index contributed by atoms with van der Waals surface area (Å²) in [7, 11) is 1.81. The fourth-order valence-corrected chi connectivity index (χ4v) is 1.37. The van der Waals surface area contributed by atoms with E-state index in [1.807, 2.05) is 27.8 Å². The minimum atomic E-state index is -0.403. The number of aryl methyl sites for hydroxylation is 1. The van der Waals surface area contributed by atoms with Gasteiger partial charge in [-0.2, -0.15) is 10.1 Å². The van der Waals surface area contributed by atoms with Gasteiger partial charge in [0.05, 0.1) is 6.42 Å². The summed E-state index contributed by atoms with van der Waals surface area (Å²) in [6.45, 7) is 5.60. The molecule has 0 aliphatic rings. The number of Topliss-reactive ketones (excluding diaryl/α,β-unsaturated/α-hetero) is 1. The van der Waals surface area contributed by atoms with Crippen LogP contribution in [0.4, 0.5) is 0 Å². The Morgan fingerprint density at radius 2 is 2.17 bits per heavy atom. The van der Waals surface area contributed by atoms with Gasteiger partial charge < -0.3 is 4.52 Å². The number of carbonyl (C=O) groups excluding carboxylic acids is 1. The molecule has 0 saturated heterocycles. The van der Waals surface area contributed by atoms with Crippen molar-refractivity contribution in [1.82, 2.24) is 19.9 Å². The highest BCUT2D eigenvalue weighted by molar-refractivity contribution is 5.85. The van der Waals surface area contributed by atoms with Crippen LogP contribution in [-0.2, 0) is 18.3 Å². The molecule has 0 aromatic carbocycles. The van der Waals surface area contributed by atoms with Gasteiger partial charge in [0.25, 0.3) is 0 Å². The molecule has 0 saturated carbocycles. The highest BCUT2D eigenvalue weighted by atomic mass is 16.5. The smallest absolute Gasteiger partial charge is 0.234 e. The number of carbonyl (C=O) groups is 1. The summed E-state index contributed by atoms with van der Waals surface area (Å²) in [5.41, 5.74) is 0.232. The van der Waals surface area contributed by atoms with Crippen molar-refractivity contribution in [2.75, 3.05) is 0 Å². The third-order valence-corrected chi connectivity index (χ3v) is 2.56. The summed E-state index contributed by atoms with van der Waals surface area (Å²) < 4.78 is 6.72. The van der Waals surface area contributed by atoms with Gasteiger partial charge in [-0.1, -0.05) is 25.9 Å². The zero-order valence-corrected chi connectivity index (χ0v) is 11.0. The number of hydrogen-bond donors (Lipinski definition) is 0. The Morgan fingerprint density at radius 1 is 1.44 bits per heavy atom. The third-order valence-electron chi connectivity index (χ3n) is 2.56. The fraction of sp³-hybridized carbons (Fsp3) is 0.500. The highest BCUT2D eigenvalue weighted by Crippen LogP contribution is 2.18. The van der Waals surface area contributed by atoms with Crippen LogP contribution >= 0.6 is 0 Å². The van der Waals surface area contributed by atoms with Crippen LogP contribution in [0.2, 0.25) is 0 Å². The highest BCUT2D eigenvalue weighted by Gasteiger charge is 2.24. The molecule has 2 rings (SSSR count). The molecule has 0 spiro atoms.